The predicted molar refractivity (Wildman–Crippen MR) is 114 cm³/mol. The van der Waals surface area contributed by atoms with Crippen molar-refractivity contribution in [2.75, 3.05) is 26.2 Å². The number of furan rings is 1. The van der Waals surface area contributed by atoms with E-state index in [-0.39, 0.29) is 11.9 Å². The molecule has 1 amide bonds. The van der Waals surface area contributed by atoms with Gasteiger partial charge in [0.1, 0.15) is 0 Å². The average Bonchev–Trinajstić information content (AvgIpc) is 3.54. The highest BCUT2D eigenvalue weighted by Gasteiger charge is 2.36. The van der Waals surface area contributed by atoms with Crippen LogP contribution in [0.15, 0.2) is 53.1 Å². The molecule has 1 saturated carbocycles. The minimum absolute atomic E-state index is 0.0349. The zero-order valence-electron chi connectivity index (χ0n) is 17.7. The number of quaternary nitrogens is 1. The highest BCUT2D eigenvalue weighted by atomic mass is 16.3. The largest absolute Gasteiger partial charge is 0.459 e. The molecule has 1 atom stereocenters. The molecule has 1 aliphatic carbocycles. The summed E-state index contributed by atoms with van der Waals surface area (Å²) >= 11 is 0. The smallest absolute Gasteiger partial charge is 0.289 e. The van der Waals surface area contributed by atoms with Crippen molar-refractivity contribution in [2.24, 2.45) is 0 Å². The van der Waals surface area contributed by atoms with Gasteiger partial charge in [0.15, 0.2) is 11.8 Å². The molecular formula is C23H29N6O2+. The van der Waals surface area contributed by atoms with Gasteiger partial charge >= 0.3 is 0 Å². The fourth-order valence-corrected chi connectivity index (χ4v) is 5.03. The number of amides is 1. The second kappa shape index (κ2) is 9.01. The van der Waals surface area contributed by atoms with Crippen LogP contribution >= 0.6 is 0 Å². The van der Waals surface area contributed by atoms with Crippen LogP contribution in [0, 0.1) is 0 Å². The molecule has 1 aromatic carbocycles. The average molecular weight is 422 g/mol. The molecule has 0 spiro atoms. The van der Waals surface area contributed by atoms with Gasteiger partial charge in [-0.15, -0.1) is 5.10 Å². The number of tetrazole rings is 1. The van der Waals surface area contributed by atoms with E-state index in [2.05, 4.69) is 44.5 Å². The van der Waals surface area contributed by atoms with Crippen LogP contribution in [0.1, 0.15) is 66.1 Å². The molecule has 1 aliphatic heterocycles. The number of nitrogens with zero attached hydrogens (tertiary/aromatic N) is 5. The van der Waals surface area contributed by atoms with Gasteiger partial charge in [-0.1, -0.05) is 49.6 Å². The second-order valence-electron chi connectivity index (χ2n) is 8.54. The molecule has 2 aliphatic rings. The first-order valence-electron chi connectivity index (χ1n) is 11.3. The maximum absolute atomic E-state index is 12.7. The van der Waals surface area contributed by atoms with Crippen molar-refractivity contribution in [3.05, 3.63) is 65.9 Å². The molecule has 0 bridgehead atoms. The van der Waals surface area contributed by atoms with E-state index in [1.165, 1.54) is 29.7 Å². The van der Waals surface area contributed by atoms with Crippen molar-refractivity contribution in [1.29, 1.82) is 0 Å². The Bertz CT molecular complexity index is 973. The lowest BCUT2D eigenvalue weighted by molar-refractivity contribution is -0.930. The zero-order chi connectivity index (χ0) is 21.0. The Kier molecular flexibility index (Phi) is 5.80. The molecule has 3 heterocycles. The summed E-state index contributed by atoms with van der Waals surface area (Å²) in [5.74, 6) is 1.32. The number of nitrogens with one attached hydrogen (secondary N) is 1. The summed E-state index contributed by atoms with van der Waals surface area (Å²) in [7, 11) is 0. The van der Waals surface area contributed by atoms with Gasteiger partial charge in [-0.25, -0.2) is 4.68 Å². The van der Waals surface area contributed by atoms with Gasteiger partial charge in [0.2, 0.25) is 5.82 Å². The molecule has 0 unspecified atom stereocenters. The van der Waals surface area contributed by atoms with Crippen LogP contribution in [0.5, 0.6) is 0 Å². The minimum Gasteiger partial charge on any atom is -0.459 e. The Morgan fingerprint density at radius 3 is 2.52 bits per heavy atom. The van der Waals surface area contributed by atoms with Crippen LogP contribution in [-0.4, -0.2) is 57.2 Å². The first-order valence-corrected chi connectivity index (χ1v) is 11.3. The number of hydrogen-bond donors (Lipinski definition) is 1. The maximum Gasteiger partial charge on any atom is 0.289 e. The fraction of sp³-hybridized carbons (Fsp3) is 0.478. The van der Waals surface area contributed by atoms with Crippen molar-refractivity contribution in [3.63, 3.8) is 0 Å². The number of aromatic nitrogens is 4. The molecular weight excluding hydrogens is 392 g/mol. The van der Waals surface area contributed by atoms with E-state index >= 15 is 0 Å². The molecule has 3 aromatic rings. The summed E-state index contributed by atoms with van der Waals surface area (Å²) < 4.78 is 7.39. The SMILES string of the molecule is O=C(c1ccco1)N1CC[NH+]([C@@H](c2ccccc2)c2nnnn2C2CCCCC2)CC1. The summed E-state index contributed by atoms with van der Waals surface area (Å²) in [6, 6.07) is 14.4. The normalized spacial score (nSPS) is 19.4. The van der Waals surface area contributed by atoms with Crippen LogP contribution in [-0.2, 0) is 0 Å². The van der Waals surface area contributed by atoms with E-state index in [1.54, 1.807) is 18.4 Å². The highest BCUT2D eigenvalue weighted by molar-refractivity contribution is 5.91. The van der Waals surface area contributed by atoms with E-state index in [9.17, 15) is 4.79 Å². The van der Waals surface area contributed by atoms with E-state index in [1.807, 2.05) is 11.0 Å². The van der Waals surface area contributed by atoms with Gasteiger partial charge in [0.25, 0.3) is 5.91 Å². The van der Waals surface area contributed by atoms with Crippen LogP contribution < -0.4 is 4.90 Å². The number of benzene rings is 1. The van der Waals surface area contributed by atoms with E-state index in [0.29, 0.717) is 24.9 Å². The van der Waals surface area contributed by atoms with Crippen molar-refractivity contribution < 1.29 is 14.1 Å². The Labute approximate surface area is 181 Å². The Hall–Kier alpha value is -3.00. The Morgan fingerprint density at radius 1 is 1.03 bits per heavy atom. The molecule has 162 valence electrons. The van der Waals surface area contributed by atoms with Crippen LogP contribution in [0.2, 0.25) is 0 Å². The molecule has 0 radical (unpaired) electrons. The molecule has 5 rings (SSSR count). The van der Waals surface area contributed by atoms with Crippen molar-refractivity contribution in [1.82, 2.24) is 25.1 Å². The Balaban J connectivity index is 1.39. The zero-order valence-corrected chi connectivity index (χ0v) is 17.7. The third-order valence-corrected chi connectivity index (χ3v) is 6.66. The lowest BCUT2D eigenvalue weighted by Gasteiger charge is -2.36. The standard InChI is InChI=1S/C23H28N6O2/c30-23(20-12-7-17-31-20)28-15-13-27(14-16-28)21(18-8-3-1-4-9-18)22-24-25-26-29(22)19-10-5-2-6-11-19/h1,3-4,7-9,12,17,19,21H,2,5-6,10-11,13-16H2/p+1/t21-/m0/s1. The summed E-state index contributed by atoms with van der Waals surface area (Å²) in [6.07, 6.45) is 7.60. The topological polar surface area (TPSA) is 81.5 Å². The second-order valence-corrected chi connectivity index (χ2v) is 8.54. The van der Waals surface area contributed by atoms with E-state index < -0.39 is 0 Å². The summed E-state index contributed by atoms with van der Waals surface area (Å²) in [5, 5.41) is 13.0. The van der Waals surface area contributed by atoms with Gasteiger partial charge < -0.3 is 14.2 Å². The lowest BCUT2D eigenvalue weighted by atomic mass is 9.95. The van der Waals surface area contributed by atoms with Crippen LogP contribution in [0.25, 0.3) is 0 Å². The van der Waals surface area contributed by atoms with Crippen molar-refractivity contribution >= 4 is 5.91 Å². The van der Waals surface area contributed by atoms with Gasteiger partial charge in [-0.2, -0.15) is 0 Å². The number of hydrogen-bond acceptors (Lipinski definition) is 5. The number of rotatable bonds is 5. The molecule has 1 saturated heterocycles. The molecule has 2 fully saturated rings. The van der Waals surface area contributed by atoms with E-state index in [0.717, 1.165) is 31.8 Å². The van der Waals surface area contributed by atoms with Crippen molar-refractivity contribution in [3.8, 4) is 0 Å². The molecule has 31 heavy (non-hydrogen) atoms. The number of carbonyl (C=O) groups is 1. The maximum atomic E-state index is 12.7. The highest BCUT2D eigenvalue weighted by Crippen LogP contribution is 2.30. The van der Waals surface area contributed by atoms with E-state index in [4.69, 9.17) is 4.42 Å². The molecule has 8 nitrogen and oxygen atoms in total. The van der Waals surface area contributed by atoms with Crippen LogP contribution in [0.4, 0.5) is 0 Å². The first-order chi connectivity index (χ1) is 15.3. The fourth-order valence-electron chi connectivity index (χ4n) is 5.03. The quantitative estimate of drug-likeness (QED) is 0.681. The number of carbonyl (C=O) groups excluding carboxylic acids is 1. The molecule has 8 heteroatoms. The third kappa shape index (κ3) is 4.12. The van der Waals surface area contributed by atoms with Gasteiger partial charge in [-0.3, -0.25) is 4.79 Å². The Morgan fingerprint density at radius 2 is 1.81 bits per heavy atom. The van der Waals surface area contributed by atoms with Gasteiger partial charge in [-0.05, 0) is 35.4 Å². The van der Waals surface area contributed by atoms with Gasteiger partial charge in [0.05, 0.1) is 38.5 Å². The summed E-state index contributed by atoms with van der Waals surface area (Å²) in [4.78, 5) is 16.0. The summed E-state index contributed by atoms with van der Waals surface area (Å²) in [6.45, 7) is 3.04. The van der Waals surface area contributed by atoms with Crippen LogP contribution in [0.3, 0.4) is 0 Å². The minimum atomic E-state index is -0.0349. The predicted octanol–water partition coefficient (Wildman–Crippen LogP) is 1.90. The first kappa shape index (κ1) is 19.9. The lowest BCUT2D eigenvalue weighted by Crippen LogP contribution is -3.15. The molecule has 2 aromatic heterocycles. The molecule has 1 N–H and O–H groups in total. The summed E-state index contributed by atoms with van der Waals surface area (Å²) in [5.41, 5.74) is 1.22. The number of piperazine rings is 1. The van der Waals surface area contributed by atoms with Gasteiger partial charge in [0, 0.05) is 5.56 Å². The third-order valence-electron chi connectivity index (χ3n) is 6.66. The van der Waals surface area contributed by atoms with Crippen molar-refractivity contribution in [2.45, 2.75) is 44.2 Å². The monoisotopic (exact) mass is 421 g/mol.